The van der Waals surface area contributed by atoms with Crippen molar-refractivity contribution in [1.29, 1.82) is 0 Å². The van der Waals surface area contributed by atoms with Gasteiger partial charge in [-0.2, -0.15) is 0 Å². The lowest BCUT2D eigenvalue weighted by Gasteiger charge is -2.04. The highest BCUT2D eigenvalue weighted by atomic mass is 32.2. The van der Waals surface area contributed by atoms with E-state index in [4.69, 9.17) is 12.2 Å². The maximum atomic E-state index is 11.8. The fraction of sp³-hybridized carbons (Fsp3) is 0.462. The quantitative estimate of drug-likeness (QED) is 0.680. The van der Waals surface area contributed by atoms with Crippen LogP contribution in [0.1, 0.15) is 26.2 Å². The fourth-order valence-corrected chi connectivity index (χ4v) is 3.35. The van der Waals surface area contributed by atoms with Crippen LogP contribution in [0, 0.1) is 4.77 Å². The van der Waals surface area contributed by atoms with Crippen molar-refractivity contribution in [3.05, 3.63) is 23.0 Å². The Balaban J connectivity index is 2.57. The van der Waals surface area contributed by atoms with Crippen molar-refractivity contribution in [3.63, 3.8) is 0 Å². The number of imidazole rings is 1. The predicted octanol–water partition coefficient (Wildman–Crippen LogP) is 3.29. The van der Waals surface area contributed by atoms with Gasteiger partial charge in [-0.25, -0.2) is 8.42 Å². The van der Waals surface area contributed by atoms with Gasteiger partial charge in [0, 0.05) is 12.8 Å². The van der Waals surface area contributed by atoms with E-state index in [1.807, 2.05) is 10.6 Å². The number of hydrogen-bond acceptors (Lipinski definition) is 3. The van der Waals surface area contributed by atoms with Crippen molar-refractivity contribution < 1.29 is 8.42 Å². The molecule has 0 aliphatic heterocycles. The van der Waals surface area contributed by atoms with E-state index in [0.717, 1.165) is 31.3 Å². The minimum Gasteiger partial charge on any atom is -0.329 e. The molecule has 19 heavy (non-hydrogen) atoms. The van der Waals surface area contributed by atoms with E-state index in [9.17, 15) is 8.42 Å². The van der Waals surface area contributed by atoms with Crippen molar-refractivity contribution >= 4 is 33.1 Å². The van der Waals surface area contributed by atoms with Crippen LogP contribution in [0.4, 0.5) is 0 Å². The average Bonchev–Trinajstić information content (AvgIpc) is 2.64. The lowest BCUT2D eigenvalue weighted by Crippen LogP contribution is -2.00. The molecule has 0 atom stereocenters. The van der Waals surface area contributed by atoms with Crippen LogP contribution in [0.25, 0.3) is 11.0 Å². The van der Waals surface area contributed by atoms with Crippen LogP contribution >= 0.6 is 12.2 Å². The minimum atomic E-state index is -3.25. The number of fused-ring (bicyclic) bond motifs is 1. The molecule has 1 heterocycles. The first kappa shape index (κ1) is 14.3. The number of H-pyrrole nitrogens is 1. The van der Waals surface area contributed by atoms with E-state index in [0.29, 0.717) is 15.2 Å². The Labute approximate surface area is 118 Å². The number of unbranched alkanes of at least 4 members (excludes halogenated alkanes) is 2. The van der Waals surface area contributed by atoms with Gasteiger partial charge in [0.2, 0.25) is 0 Å². The van der Waals surface area contributed by atoms with Gasteiger partial charge in [-0.05, 0) is 30.8 Å². The summed E-state index contributed by atoms with van der Waals surface area (Å²) in [6, 6.07) is 5.28. The predicted molar refractivity (Wildman–Crippen MR) is 79.8 cm³/mol. The minimum absolute atomic E-state index is 0.311. The van der Waals surface area contributed by atoms with Gasteiger partial charge in [0.05, 0.1) is 15.9 Å². The van der Waals surface area contributed by atoms with Crippen LogP contribution < -0.4 is 0 Å². The van der Waals surface area contributed by atoms with Gasteiger partial charge in [0.25, 0.3) is 0 Å². The molecule has 6 heteroatoms. The van der Waals surface area contributed by atoms with Crippen molar-refractivity contribution in [2.24, 2.45) is 0 Å². The molecule has 0 saturated heterocycles. The Morgan fingerprint density at radius 2 is 2.05 bits per heavy atom. The van der Waals surface area contributed by atoms with E-state index < -0.39 is 9.84 Å². The molecule has 1 aromatic heterocycles. The second-order valence-corrected chi connectivity index (χ2v) is 7.08. The van der Waals surface area contributed by atoms with E-state index in [1.165, 1.54) is 6.26 Å². The Morgan fingerprint density at radius 3 is 2.68 bits per heavy atom. The number of aromatic amines is 1. The summed E-state index contributed by atoms with van der Waals surface area (Å²) in [7, 11) is -3.25. The Hall–Kier alpha value is -1.14. The molecule has 0 radical (unpaired) electrons. The highest BCUT2D eigenvalue weighted by molar-refractivity contribution is 7.91. The van der Waals surface area contributed by atoms with Gasteiger partial charge >= 0.3 is 0 Å². The molecule has 0 unspecified atom stereocenters. The number of nitrogens with one attached hydrogen (secondary N) is 1. The van der Waals surface area contributed by atoms with E-state index in [2.05, 4.69) is 11.9 Å². The zero-order valence-corrected chi connectivity index (χ0v) is 12.8. The van der Waals surface area contributed by atoms with Crippen molar-refractivity contribution in [2.45, 2.75) is 37.6 Å². The molecule has 4 nitrogen and oxygen atoms in total. The third kappa shape index (κ3) is 2.90. The topological polar surface area (TPSA) is 54.9 Å². The van der Waals surface area contributed by atoms with Crippen molar-refractivity contribution in [3.8, 4) is 0 Å². The van der Waals surface area contributed by atoms with Crippen molar-refractivity contribution in [1.82, 2.24) is 9.55 Å². The van der Waals surface area contributed by atoms with Crippen LogP contribution in [0.2, 0.25) is 0 Å². The number of sulfone groups is 1. The summed E-state index contributed by atoms with van der Waals surface area (Å²) in [6.45, 7) is 2.97. The molecule has 0 aliphatic rings. The second kappa shape index (κ2) is 5.46. The van der Waals surface area contributed by atoms with E-state index in [1.54, 1.807) is 12.1 Å². The van der Waals surface area contributed by atoms with Gasteiger partial charge in [0.1, 0.15) is 0 Å². The molecule has 2 aromatic rings. The van der Waals surface area contributed by atoms with E-state index in [-0.39, 0.29) is 0 Å². The first-order valence-corrected chi connectivity index (χ1v) is 8.66. The molecular formula is C13H18N2O2S2. The zero-order chi connectivity index (χ0) is 14.0. The Morgan fingerprint density at radius 1 is 1.32 bits per heavy atom. The molecular weight excluding hydrogens is 280 g/mol. The molecule has 0 bridgehead atoms. The Bertz CT molecular complexity index is 742. The molecule has 1 aromatic carbocycles. The van der Waals surface area contributed by atoms with Crippen LogP contribution in [0.5, 0.6) is 0 Å². The van der Waals surface area contributed by atoms with E-state index >= 15 is 0 Å². The number of aryl methyl sites for hydroxylation is 1. The number of para-hydroxylation sites is 1. The number of benzene rings is 1. The number of rotatable bonds is 5. The third-order valence-electron chi connectivity index (χ3n) is 3.16. The summed E-state index contributed by atoms with van der Waals surface area (Å²) in [5, 5.41) is 0. The largest absolute Gasteiger partial charge is 0.329 e. The first-order chi connectivity index (χ1) is 8.95. The SMILES string of the molecule is CCCCCn1c(=S)[nH]c2c(S(C)(=O)=O)cccc21. The van der Waals surface area contributed by atoms with Crippen molar-refractivity contribution in [2.75, 3.05) is 6.26 Å². The lowest BCUT2D eigenvalue weighted by molar-refractivity contribution is 0.602. The normalized spacial score (nSPS) is 12.1. The maximum Gasteiger partial charge on any atom is 0.178 e. The van der Waals surface area contributed by atoms with Gasteiger partial charge < -0.3 is 9.55 Å². The summed E-state index contributed by atoms with van der Waals surface area (Å²) in [4.78, 5) is 3.34. The van der Waals surface area contributed by atoms with Gasteiger partial charge in [-0.15, -0.1) is 0 Å². The fourth-order valence-electron chi connectivity index (χ4n) is 2.20. The van der Waals surface area contributed by atoms with Crippen LogP contribution in [-0.2, 0) is 16.4 Å². The Kier molecular flexibility index (Phi) is 4.10. The van der Waals surface area contributed by atoms with Gasteiger partial charge in [0.15, 0.2) is 14.6 Å². The first-order valence-electron chi connectivity index (χ1n) is 6.36. The molecule has 0 aliphatic carbocycles. The molecule has 0 amide bonds. The molecule has 1 N–H and O–H groups in total. The van der Waals surface area contributed by atoms with Crippen LogP contribution in [-0.4, -0.2) is 24.2 Å². The highest BCUT2D eigenvalue weighted by Gasteiger charge is 2.15. The number of hydrogen-bond donors (Lipinski definition) is 1. The number of nitrogens with zero attached hydrogens (tertiary/aromatic N) is 1. The van der Waals surface area contributed by atoms with Gasteiger partial charge in [-0.3, -0.25) is 0 Å². The number of aromatic nitrogens is 2. The summed E-state index contributed by atoms with van der Waals surface area (Å²) >= 11 is 5.30. The lowest BCUT2D eigenvalue weighted by atomic mass is 10.2. The van der Waals surface area contributed by atoms with Gasteiger partial charge in [-0.1, -0.05) is 25.8 Å². The monoisotopic (exact) mass is 298 g/mol. The summed E-state index contributed by atoms with van der Waals surface area (Å²) in [5.41, 5.74) is 1.48. The average molecular weight is 298 g/mol. The molecule has 0 saturated carbocycles. The summed E-state index contributed by atoms with van der Waals surface area (Å²) < 4.78 is 26.1. The molecule has 0 fully saturated rings. The summed E-state index contributed by atoms with van der Waals surface area (Å²) in [5.74, 6) is 0. The molecule has 104 valence electrons. The van der Waals surface area contributed by atoms with Crippen LogP contribution in [0.15, 0.2) is 23.1 Å². The summed E-state index contributed by atoms with van der Waals surface area (Å²) in [6.07, 6.45) is 4.54. The third-order valence-corrected chi connectivity index (χ3v) is 4.62. The standard InChI is InChI=1S/C13H18N2O2S2/c1-3-4-5-9-15-10-7-6-8-11(19(2,16)17)12(10)14-13(15)18/h6-8H,3-5,9H2,1-2H3,(H,14,18). The molecule has 2 rings (SSSR count). The maximum absolute atomic E-state index is 11.8. The zero-order valence-electron chi connectivity index (χ0n) is 11.1. The second-order valence-electron chi connectivity index (χ2n) is 4.71. The molecule has 0 spiro atoms. The highest BCUT2D eigenvalue weighted by Crippen LogP contribution is 2.22. The smallest absolute Gasteiger partial charge is 0.178 e. The van der Waals surface area contributed by atoms with Crippen LogP contribution in [0.3, 0.4) is 0 Å².